The largest absolute Gasteiger partial charge is 0.308 e. The number of amides is 1. The number of hydrogen-bond acceptors (Lipinski definition) is 1. The molecular weight excluding hydrogens is 361 g/mol. The summed E-state index contributed by atoms with van der Waals surface area (Å²) in [6.07, 6.45) is 2.10. The highest BCUT2D eigenvalue weighted by Gasteiger charge is 2.24. The van der Waals surface area contributed by atoms with Gasteiger partial charge in [-0.1, -0.05) is 24.3 Å². The molecule has 3 rings (SSSR count). The molecule has 0 aliphatic carbocycles. The van der Waals surface area contributed by atoms with Crippen LogP contribution in [0.15, 0.2) is 42.5 Å². The average molecular weight is 377 g/mol. The summed E-state index contributed by atoms with van der Waals surface area (Å²) in [4.78, 5) is 14.7. The lowest BCUT2D eigenvalue weighted by Gasteiger charge is -2.31. The maximum atomic E-state index is 12.8. The van der Waals surface area contributed by atoms with Gasteiger partial charge in [0.05, 0.1) is 5.69 Å². The molecule has 2 nitrogen and oxygen atoms in total. The quantitative estimate of drug-likeness (QED) is 0.683. The number of benzene rings is 2. The zero-order valence-corrected chi connectivity index (χ0v) is 13.6. The number of carbonyl (C=O) groups excluding carboxylic acids is 1. The minimum atomic E-state index is 0.110. The van der Waals surface area contributed by atoms with Gasteiger partial charge in [-0.25, -0.2) is 0 Å². The highest BCUT2D eigenvalue weighted by Crippen LogP contribution is 2.31. The van der Waals surface area contributed by atoms with Gasteiger partial charge < -0.3 is 4.90 Å². The standard InChI is InChI=1S/C17H16INO/c1-12-5-2-6-13-8-4-10-19(16(12)13)17(20)14-7-3-9-15(18)11-14/h2-3,5-7,9,11H,4,8,10H2,1H3. The monoisotopic (exact) mass is 377 g/mol. The average Bonchev–Trinajstić information content (AvgIpc) is 2.46. The minimum Gasteiger partial charge on any atom is -0.308 e. The number of rotatable bonds is 1. The molecule has 102 valence electrons. The predicted molar refractivity (Wildman–Crippen MR) is 90.3 cm³/mol. The first-order valence-electron chi connectivity index (χ1n) is 6.83. The van der Waals surface area contributed by atoms with Crippen molar-refractivity contribution in [3.05, 3.63) is 62.7 Å². The molecule has 0 radical (unpaired) electrons. The lowest BCUT2D eigenvalue weighted by atomic mass is 9.97. The number of halogens is 1. The lowest BCUT2D eigenvalue weighted by molar-refractivity contribution is 0.0985. The molecule has 0 unspecified atom stereocenters. The third-order valence-electron chi connectivity index (χ3n) is 3.74. The van der Waals surface area contributed by atoms with Crippen molar-refractivity contribution in [3.63, 3.8) is 0 Å². The Hall–Kier alpha value is -1.36. The van der Waals surface area contributed by atoms with Gasteiger partial charge in [-0.05, 0) is 71.7 Å². The van der Waals surface area contributed by atoms with E-state index in [1.165, 1.54) is 11.1 Å². The van der Waals surface area contributed by atoms with Crippen molar-refractivity contribution in [1.29, 1.82) is 0 Å². The summed E-state index contributed by atoms with van der Waals surface area (Å²) < 4.78 is 1.09. The first-order chi connectivity index (χ1) is 9.66. The first kappa shape index (κ1) is 13.6. The molecule has 0 saturated carbocycles. The molecule has 20 heavy (non-hydrogen) atoms. The van der Waals surface area contributed by atoms with Gasteiger partial charge in [0.1, 0.15) is 0 Å². The Morgan fingerprint density at radius 3 is 2.80 bits per heavy atom. The van der Waals surface area contributed by atoms with Crippen LogP contribution in [0.1, 0.15) is 27.9 Å². The molecule has 0 fully saturated rings. The normalized spacial score (nSPS) is 14.0. The van der Waals surface area contributed by atoms with Crippen LogP contribution in [-0.2, 0) is 6.42 Å². The number of carbonyl (C=O) groups is 1. The van der Waals surface area contributed by atoms with Crippen LogP contribution in [0.5, 0.6) is 0 Å². The van der Waals surface area contributed by atoms with Gasteiger partial charge in [-0.15, -0.1) is 0 Å². The second kappa shape index (κ2) is 5.56. The summed E-state index contributed by atoms with van der Waals surface area (Å²) in [5, 5.41) is 0. The Kier molecular flexibility index (Phi) is 3.78. The van der Waals surface area contributed by atoms with Crippen molar-refractivity contribution in [2.75, 3.05) is 11.4 Å². The van der Waals surface area contributed by atoms with E-state index >= 15 is 0 Å². The molecule has 2 aromatic rings. The van der Waals surface area contributed by atoms with Crippen molar-refractivity contribution in [2.24, 2.45) is 0 Å². The van der Waals surface area contributed by atoms with Crippen molar-refractivity contribution in [3.8, 4) is 0 Å². The van der Waals surface area contributed by atoms with Gasteiger partial charge in [0, 0.05) is 15.7 Å². The lowest BCUT2D eigenvalue weighted by Crippen LogP contribution is -2.36. The van der Waals surface area contributed by atoms with Crippen LogP contribution in [0.2, 0.25) is 0 Å². The fourth-order valence-electron chi connectivity index (χ4n) is 2.83. The van der Waals surface area contributed by atoms with Gasteiger partial charge in [0.15, 0.2) is 0 Å². The van der Waals surface area contributed by atoms with E-state index in [2.05, 4.69) is 47.7 Å². The minimum absolute atomic E-state index is 0.110. The van der Waals surface area contributed by atoms with Crippen molar-refractivity contribution < 1.29 is 4.79 Å². The Bertz CT molecular complexity index is 666. The Morgan fingerprint density at radius 1 is 1.20 bits per heavy atom. The SMILES string of the molecule is Cc1cccc2c1N(C(=O)c1cccc(I)c1)CCC2. The van der Waals surface area contributed by atoms with E-state index in [1.54, 1.807) is 0 Å². The molecule has 0 spiro atoms. The van der Waals surface area contributed by atoms with Gasteiger partial charge >= 0.3 is 0 Å². The van der Waals surface area contributed by atoms with E-state index in [1.807, 2.05) is 29.2 Å². The number of fused-ring (bicyclic) bond motifs is 1. The molecule has 0 N–H and O–H groups in total. The molecule has 1 aliphatic rings. The van der Waals surface area contributed by atoms with Crippen LogP contribution < -0.4 is 4.90 Å². The summed E-state index contributed by atoms with van der Waals surface area (Å²) in [6, 6.07) is 14.1. The van der Waals surface area contributed by atoms with E-state index in [0.717, 1.165) is 34.2 Å². The van der Waals surface area contributed by atoms with Crippen LogP contribution in [0.3, 0.4) is 0 Å². The molecule has 0 saturated heterocycles. The summed E-state index contributed by atoms with van der Waals surface area (Å²) >= 11 is 2.25. The van der Waals surface area contributed by atoms with Crippen molar-refractivity contribution in [1.82, 2.24) is 0 Å². The first-order valence-corrected chi connectivity index (χ1v) is 7.90. The van der Waals surface area contributed by atoms with Crippen molar-refractivity contribution >= 4 is 34.2 Å². The van der Waals surface area contributed by atoms with Gasteiger partial charge in [0.2, 0.25) is 0 Å². The summed E-state index contributed by atoms with van der Waals surface area (Å²) in [5.41, 5.74) is 4.35. The van der Waals surface area contributed by atoms with Crippen LogP contribution in [0, 0.1) is 10.5 Å². The van der Waals surface area contributed by atoms with E-state index in [4.69, 9.17) is 0 Å². The van der Waals surface area contributed by atoms with E-state index in [0.29, 0.717) is 0 Å². The molecule has 0 aromatic heterocycles. The second-order valence-corrected chi connectivity index (χ2v) is 6.40. The molecule has 1 amide bonds. The van der Waals surface area contributed by atoms with Gasteiger partial charge in [0.25, 0.3) is 5.91 Å². The summed E-state index contributed by atoms with van der Waals surface area (Å²) in [7, 11) is 0. The molecule has 0 bridgehead atoms. The summed E-state index contributed by atoms with van der Waals surface area (Å²) in [6.45, 7) is 2.89. The van der Waals surface area contributed by atoms with Crippen molar-refractivity contribution in [2.45, 2.75) is 19.8 Å². The zero-order valence-electron chi connectivity index (χ0n) is 11.4. The number of nitrogens with zero attached hydrogens (tertiary/aromatic N) is 1. The smallest absolute Gasteiger partial charge is 0.258 e. The van der Waals surface area contributed by atoms with Crippen LogP contribution in [-0.4, -0.2) is 12.5 Å². The number of aryl methyl sites for hydroxylation is 2. The second-order valence-electron chi connectivity index (χ2n) is 5.15. The number of anilines is 1. The molecule has 3 heteroatoms. The van der Waals surface area contributed by atoms with E-state index in [9.17, 15) is 4.79 Å². The zero-order chi connectivity index (χ0) is 14.1. The fraction of sp³-hybridized carbons (Fsp3) is 0.235. The van der Waals surface area contributed by atoms with Gasteiger partial charge in [-0.3, -0.25) is 4.79 Å². The molecule has 1 heterocycles. The maximum absolute atomic E-state index is 12.8. The highest BCUT2D eigenvalue weighted by atomic mass is 127. The van der Waals surface area contributed by atoms with E-state index in [-0.39, 0.29) is 5.91 Å². The fourth-order valence-corrected chi connectivity index (χ4v) is 3.37. The number of hydrogen-bond donors (Lipinski definition) is 0. The predicted octanol–water partition coefficient (Wildman–Crippen LogP) is 4.19. The van der Waals surface area contributed by atoms with Crippen LogP contribution >= 0.6 is 22.6 Å². The van der Waals surface area contributed by atoms with Gasteiger partial charge in [-0.2, -0.15) is 0 Å². The third kappa shape index (κ3) is 2.46. The Balaban J connectivity index is 2.03. The Morgan fingerprint density at radius 2 is 2.00 bits per heavy atom. The molecule has 2 aromatic carbocycles. The number of para-hydroxylation sites is 1. The third-order valence-corrected chi connectivity index (χ3v) is 4.41. The highest BCUT2D eigenvalue weighted by molar-refractivity contribution is 14.1. The topological polar surface area (TPSA) is 20.3 Å². The molecular formula is C17H16INO. The van der Waals surface area contributed by atoms with Crippen LogP contribution in [0.4, 0.5) is 5.69 Å². The Labute approximate surface area is 132 Å². The molecule has 0 atom stereocenters. The van der Waals surface area contributed by atoms with E-state index < -0.39 is 0 Å². The maximum Gasteiger partial charge on any atom is 0.258 e. The summed E-state index contributed by atoms with van der Waals surface area (Å²) in [5.74, 6) is 0.110. The van der Waals surface area contributed by atoms with Crippen LogP contribution in [0.25, 0.3) is 0 Å². The molecule has 1 aliphatic heterocycles.